The highest BCUT2D eigenvalue weighted by atomic mass is 32.1. The van der Waals surface area contributed by atoms with Gasteiger partial charge in [-0.15, -0.1) is 11.3 Å². The quantitative estimate of drug-likeness (QED) is 0.884. The number of aliphatic hydroxyl groups is 1. The zero-order valence-electron chi connectivity index (χ0n) is 9.47. The zero-order chi connectivity index (χ0) is 11.5. The van der Waals surface area contributed by atoms with E-state index in [0.29, 0.717) is 6.42 Å². The fourth-order valence-electron chi connectivity index (χ4n) is 1.58. The van der Waals surface area contributed by atoms with E-state index >= 15 is 0 Å². The van der Waals surface area contributed by atoms with Crippen molar-refractivity contribution in [3.05, 3.63) is 51.5 Å². The Labute approximate surface area is 99.6 Å². The summed E-state index contributed by atoms with van der Waals surface area (Å²) in [5.74, 6) is 0. The first-order valence-corrected chi connectivity index (χ1v) is 6.13. The molecule has 0 aliphatic rings. The van der Waals surface area contributed by atoms with Crippen molar-refractivity contribution in [3.8, 4) is 0 Å². The summed E-state index contributed by atoms with van der Waals surface area (Å²) in [5, 5.41) is 10.1. The normalized spacial score (nSPS) is 12.7. The molecule has 1 unspecified atom stereocenters. The predicted octanol–water partition coefficient (Wildman–Crippen LogP) is 3.04. The number of pyridine rings is 1. The van der Waals surface area contributed by atoms with Crippen LogP contribution < -0.4 is 0 Å². The van der Waals surface area contributed by atoms with Gasteiger partial charge in [0.25, 0.3) is 0 Å². The molecule has 0 fully saturated rings. The van der Waals surface area contributed by atoms with Crippen LogP contribution in [0, 0.1) is 13.8 Å². The first-order valence-electron chi connectivity index (χ1n) is 5.31. The molecule has 2 rings (SSSR count). The first kappa shape index (κ1) is 11.3. The van der Waals surface area contributed by atoms with Crippen molar-refractivity contribution in [3.63, 3.8) is 0 Å². The molecular weight excluding hydrogens is 218 g/mol. The van der Waals surface area contributed by atoms with E-state index in [0.717, 1.165) is 10.6 Å². The van der Waals surface area contributed by atoms with Gasteiger partial charge >= 0.3 is 0 Å². The molecule has 0 saturated heterocycles. The molecular formula is C13H15NOS. The number of hydrogen-bond acceptors (Lipinski definition) is 3. The van der Waals surface area contributed by atoms with Gasteiger partial charge in [-0.1, -0.05) is 6.07 Å². The van der Waals surface area contributed by atoms with Gasteiger partial charge in [-0.3, -0.25) is 4.98 Å². The van der Waals surface area contributed by atoms with Crippen molar-refractivity contribution in [2.75, 3.05) is 0 Å². The molecule has 0 spiro atoms. The summed E-state index contributed by atoms with van der Waals surface area (Å²) >= 11 is 1.66. The van der Waals surface area contributed by atoms with E-state index < -0.39 is 6.10 Å². The number of hydrogen-bond donors (Lipinski definition) is 1. The van der Waals surface area contributed by atoms with Crippen molar-refractivity contribution in [1.82, 2.24) is 4.98 Å². The molecule has 0 radical (unpaired) electrons. The minimum absolute atomic E-state index is 0.438. The van der Waals surface area contributed by atoms with Gasteiger partial charge in [-0.05, 0) is 37.6 Å². The van der Waals surface area contributed by atoms with Gasteiger partial charge in [-0.2, -0.15) is 0 Å². The van der Waals surface area contributed by atoms with Gasteiger partial charge in [0, 0.05) is 28.1 Å². The molecule has 16 heavy (non-hydrogen) atoms. The Bertz CT molecular complexity index is 445. The summed E-state index contributed by atoms with van der Waals surface area (Å²) in [6.07, 6.45) is 1.90. The van der Waals surface area contributed by atoms with Crippen LogP contribution in [0.1, 0.15) is 27.1 Å². The Hall–Kier alpha value is -1.19. The van der Waals surface area contributed by atoms with Crippen LogP contribution in [0.2, 0.25) is 0 Å². The predicted molar refractivity (Wildman–Crippen MR) is 66.7 cm³/mol. The Balaban J connectivity index is 2.11. The van der Waals surface area contributed by atoms with Gasteiger partial charge in [0.1, 0.15) is 0 Å². The van der Waals surface area contributed by atoms with E-state index in [9.17, 15) is 5.11 Å². The van der Waals surface area contributed by atoms with Gasteiger partial charge < -0.3 is 5.11 Å². The minimum Gasteiger partial charge on any atom is -0.387 e. The molecule has 0 saturated carbocycles. The standard InChI is InChI=1S/C13H15NOS/c1-9-7-13(16-10(9)2)12(15)8-11-5-3-4-6-14-11/h3-7,12,15H,8H2,1-2H3. The van der Waals surface area contributed by atoms with Crippen molar-refractivity contribution >= 4 is 11.3 Å². The van der Waals surface area contributed by atoms with Crippen LogP contribution in [0.3, 0.4) is 0 Å². The molecule has 0 bridgehead atoms. The van der Waals surface area contributed by atoms with E-state index in [1.807, 2.05) is 18.2 Å². The SMILES string of the molecule is Cc1cc(C(O)Cc2ccccn2)sc1C. The fraction of sp³-hybridized carbons (Fsp3) is 0.308. The largest absolute Gasteiger partial charge is 0.387 e. The van der Waals surface area contributed by atoms with Crippen LogP contribution in [-0.2, 0) is 6.42 Å². The lowest BCUT2D eigenvalue weighted by Crippen LogP contribution is -2.00. The molecule has 2 heterocycles. The topological polar surface area (TPSA) is 33.1 Å². The van der Waals surface area contributed by atoms with Gasteiger partial charge in [-0.25, -0.2) is 0 Å². The van der Waals surface area contributed by atoms with Crippen LogP contribution in [0.4, 0.5) is 0 Å². The highest BCUT2D eigenvalue weighted by molar-refractivity contribution is 7.12. The second-order valence-electron chi connectivity index (χ2n) is 3.93. The molecule has 3 heteroatoms. The van der Waals surface area contributed by atoms with Crippen LogP contribution >= 0.6 is 11.3 Å². The molecule has 2 nitrogen and oxygen atoms in total. The first-order chi connectivity index (χ1) is 7.66. The smallest absolute Gasteiger partial charge is 0.0937 e. The van der Waals surface area contributed by atoms with Crippen molar-refractivity contribution < 1.29 is 5.11 Å². The highest BCUT2D eigenvalue weighted by Gasteiger charge is 2.12. The molecule has 0 aliphatic carbocycles. The molecule has 0 amide bonds. The van der Waals surface area contributed by atoms with Crippen molar-refractivity contribution in [2.24, 2.45) is 0 Å². The summed E-state index contributed by atoms with van der Waals surface area (Å²) in [6, 6.07) is 7.83. The third-order valence-electron chi connectivity index (χ3n) is 2.64. The summed E-state index contributed by atoms with van der Waals surface area (Å²) in [4.78, 5) is 6.52. The maximum absolute atomic E-state index is 10.1. The van der Waals surface area contributed by atoms with E-state index in [4.69, 9.17) is 0 Å². The maximum atomic E-state index is 10.1. The summed E-state index contributed by atoms with van der Waals surface area (Å²) in [6.45, 7) is 4.15. The highest BCUT2D eigenvalue weighted by Crippen LogP contribution is 2.28. The summed E-state index contributed by atoms with van der Waals surface area (Å²) in [5.41, 5.74) is 2.18. The minimum atomic E-state index is -0.438. The lowest BCUT2D eigenvalue weighted by molar-refractivity contribution is 0.181. The lowest BCUT2D eigenvalue weighted by Gasteiger charge is -2.07. The van der Waals surface area contributed by atoms with Gasteiger partial charge in [0.2, 0.25) is 0 Å². The monoisotopic (exact) mass is 233 g/mol. The molecule has 0 aliphatic heterocycles. The lowest BCUT2D eigenvalue weighted by atomic mass is 10.1. The number of aliphatic hydroxyl groups excluding tert-OH is 1. The van der Waals surface area contributed by atoms with Gasteiger partial charge in [0.05, 0.1) is 6.10 Å². The molecule has 2 aromatic heterocycles. The number of aromatic nitrogens is 1. The van der Waals surface area contributed by atoms with Crippen LogP contribution in [0.15, 0.2) is 30.5 Å². The van der Waals surface area contributed by atoms with E-state index in [1.165, 1.54) is 10.4 Å². The third-order valence-corrected chi connectivity index (χ3v) is 3.90. The number of thiophene rings is 1. The third kappa shape index (κ3) is 2.49. The maximum Gasteiger partial charge on any atom is 0.0937 e. The van der Waals surface area contributed by atoms with Gasteiger partial charge in [0.15, 0.2) is 0 Å². The average Bonchev–Trinajstić information content (AvgIpc) is 2.61. The second-order valence-corrected chi connectivity index (χ2v) is 5.22. The number of rotatable bonds is 3. The summed E-state index contributed by atoms with van der Waals surface area (Å²) in [7, 11) is 0. The Morgan fingerprint density at radius 2 is 2.19 bits per heavy atom. The fourth-order valence-corrected chi connectivity index (χ4v) is 2.61. The molecule has 1 atom stereocenters. The Morgan fingerprint density at radius 1 is 1.38 bits per heavy atom. The molecule has 0 aromatic carbocycles. The van der Waals surface area contributed by atoms with Crippen molar-refractivity contribution in [1.29, 1.82) is 0 Å². The number of nitrogens with zero attached hydrogens (tertiary/aromatic N) is 1. The Morgan fingerprint density at radius 3 is 2.75 bits per heavy atom. The average molecular weight is 233 g/mol. The van der Waals surface area contributed by atoms with E-state index in [2.05, 4.69) is 24.9 Å². The Kier molecular flexibility index (Phi) is 3.36. The molecule has 1 N–H and O–H groups in total. The van der Waals surface area contributed by atoms with E-state index in [-0.39, 0.29) is 0 Å². The van der Waals surface area contributed by atoms with Crippen molar-refractivity contribution in [2.45, 2.75) is 26.4 Å². The zero-order valence-corrected chi connectivity index (χ0v) is 10.3. The van der Waals surface area contributed by atoms with E-state index in [1.54, 1.807) is 17.5 Å². The van der Waals surface area contributed by atoms with Crippen LogP contribution in [0.25, 0.3) is 0 Å². The second kappa shape index (κ2) is 4.76. The molecule has 84 valence electrons. The van der Waals surface area contributed by atoms with Crippen LogP contribution in [0.5, 0.6) is 0 Å². The molecule has 2 aromatic rings. The number of aryl methyl sites for hydroxylation is 2. The van der Waals surface area contributed by atoms with Crippen LogP contribution in [-0.4, -0.2) is 10.1 Å². The summed E-state index contributed by atoms with van der Waals surface area (Å²) < 4.78 is 0.